The van der Waals surface area contributed by atoms with Crippen molar-refractivity contribution in [1.82, 2.24) is 4.90 Å². The highest BCUT2D eigenvalue weighted by Crippen LogP contribution is 2.30. The molecule has 0 saturated carbocycles. The summed E-state index contributed by atoms with van der Waals surface area (Å²) >= 11 is 0. The maximum absolute atomic E-state index is 3.35. The van der Waals surface area contributed by atoms with Crippen LogP contribution < -0.4 is 4.90 Å². The number of para-hydroxylation sites is 1. The number of benzene rings is 3. The quantitative estimate of drug-likeness (QED) is 0.701. The predicted molar refractivity (Wildman–Crippen MR) is 104 cm³/mol. The van der Waals surface area contributed by atoms with Crippen LogP contribution in [0, 0.1) is 6.07 Å². The van der Waals surface area contributed by atoms with Gasteiger partial charge in [0.25, 0.3) is 0 Å². The molecule has 25 heavy (non-hydrogen) atoms. The zero-order valence-corrected chi connectivity index (χ0v) is 14.4. The van der Waals surface area contributed by atoms with Gasteiger partial charge in [-0.15, -0.1) is 0 Å². The molecule has 0 spiro atoms. The lowest BCUT2D eigenvalue weighted by Crippen LogP contribution is -2.48. The van der Waals surface area contributed by atoms with Gasteiger partial charge < -0.3 is 4.90 Å². The highest BCUT2D eigenvalue weighted by Gasteiger charge is 2.26. The van der Waals surface area contributed by atoms with Crippen molar-refractivity contribution in [3.8, 4) is 0 Å². The van der Waals surface area contributed by atoms with Gasteiger partial charge in [-0.2, -0.15) is 0 Å². The molecular formula is C23H23N2. The molecule has 0 amide bonds. The molecule has 0 bridgehead atoms. The summed E-state index contributed by atoms with van der Waals surface area (Å²) in [6.45, 7) is 4.18. The minimum Gasteiger partial charge on any atom is -0.368 e. The summed E-state index contributed by atoms with van der Waals surface area (Å²) in [6, 6.07) is 33.7. The number of hydrogen-bond donors (Lipinski definition) is 0. The Hall–Kier alpha value is -2.58. The van der Waals surface area contributed by atoms with Crippen molar-refractivity contribution in [2.24, 2.45) is 0 Å². The van der Waals surface area contributed by atoms with Gasteiger partial charge in [-0.25, -0.2) is 0 Å². The second kappa shape index (κ2) is 7.54. The molecule has 125 valence electrons. The maximum atomic E-state index is 3.35. The smallest absolute Gasteiger partial charge is 0.0603 e. The van der Waals surface area contributed by atoms with Crippen LogP contribution in [0.2, 0.25) is 0 Å². The van der Waals surface area contributed by atoms with Crippen LogP contribution >= 0.6 is 0 Å². The number of nitrogens with zero attached hydrogens (tertiary/aromatic N) is 2. The predicted octanol–water partition coefficient (Wildman–Crippen LogP) is 4.40. The van der Waals surface area contributed by atoms with Crippen LogP contribution in [0.4, 0.5) is 5.69 Å². The average Bonchev–Trinajstić information content (AvgIpc) is 2.71. The third-order valence-electron chi connectivity index (χ3n) is 4.94. The van der Waals surface area contributed by atoms with Gasteiger partial charge in [-0.3, -0.25) is 4.90 Å². The molecule has 0 unspecified atom stereocenters. The monoisotopic (exact) mass is 327 g/mol. The van der Waals surface area contributed by atoms with Crippen molar-refractivity contribution < 1.29 is 0 Å². The third-order valence-corrected chi connectivity index (χ3v) is 4.94. The van der Waals surface area contributed by atoms with Crippen molar-refractivity contribution in [2.45, 2.75) is 6.04 Å². The Balaban J connectivity index is 1.55. The van der Waals surface area contributed by atoms with Crippen LogP contribution in [0.15, 0.2) is 84.9 Å². The zero-order valence-electron chi connectivity index (χ0n) is 14.4. The van der Waals surface area contributed by atoms with Crippen LogP contribution in [-0.2, 0) is 0 Å². The molecule has 1 saturated heterocycles. The average molecular weight is 327 g/mol. The Bertz CT molecular complexity index is 723. The molecule has 0 aliphatic carbocycles. The van der Waals surface area contributed by atoms with Crippen molar-refractivity contribution in [3.05, 3.63) is 102 Å². The lowest BCUT2D eigenvalue weighted by Gasteiger charge is -2.40. The summed E-state index contributed by atoms with van der Waals surface area (Å²) in [5, 5.41) is 0. The number of piperazine rings is 1. The maximum Gasteiger partial charge on any atom is 0.0603 e. The van der Waals surface area contributed by atoms with Gasteiger partial charge in [0.1, 0.15) is 0 Å². The van der Waals surface area contributed by atoms with Crippen molar-refractivity contribution in [2.75, 3.05) is 31.1 Å². The molecule has 0 N–H and O–H groups in total. The van der Waals surface area contributed by atoms with Crippen LogP contribution in [0.25, 0.3) is 0 Å². The molecule has 3 aromatic carbocycles. The van der Waals surface area contributed by atoms with E-state index in [1.165, 1.54) is 16.8 Å². The van der Waals surface area contributed by atoms with E-state index in [-0.39, 0.29) is 0 Å². The second-order valence-electron chi connectivity index (χ2n) is 6.49. The van der Waals surface area contributed by atoms with Crippen LogP contribution in [0.1, 0.15) is 17.2 Å². The largest absolute Gasteiger partial charge is 0.368 e. The first-order valence-electron chi connectivity index (χ1n) is 8.97. The van der Waals surface area contributed by atoms with Gasteiger partial charge in [-0.05, 0) is 17.2 Å². The summed E-state index contributed by atoms with van der Waals surface area (Å²) in [7, 11) is 0. The summed E-state index contributed by atoms with van der Waals surface area (Å²) in [5.74, 6) is 0. The Morgan fingerprint density at radius 3 is 1.72 bits per heavy atom. The Labute approximate surface area is 150 Å². The van der Waals surface area contributed by atoms with Crippen LogP contribution in [-0.4, -0.2) is 31.1 Å². The van der Waals surface area contributed by atoms with Gasteiger partial charge in [0.05, 0.1) is 6.04 Å². The topological polar surface area (TPSA) is 6.48 Å². The van der Waals surface area contributed by atoms with E-state index >= 15 is 0 Å². The fraction of sp³-hybridized carbons (Fsp3) is 0.217. The van der Waals surface area contributed by atoms with Gasteiger partial charge in [0.15, 0.2) is 0 Å². The summed E-state index contributed by atoms with van der Waals surface area (Å²) in [4.78, 5) is 5.04. The first-order valence-corrected chi connectivity index (χ1v) is 8.97. The van der Waals surface area contributed by atoms with Gasteiger partial charge in [0, 0.05) is 37.9 Å². The van der Waals surface area contributed by atoms with E-state index in [1.807, 2.05) is 12.1 Å². The lowest BCUT2D eigenvalue weighted by atomic mass is 9.96. The first-order chi connectivity index (χ1) is 12.4. The molecule has 4 rings (SSSR count). The van der Waals surface area contributed by atoms with Crippen LogP contribution in [0.5, 0.6) is 0 Å². The minimum absolute atomic E-state index is 0.323. The van der Waals surface area contributed by atoms with Crippen molar-refractivity contribution in [1.29, 1.82) is 0 Å². The van der Waals surface area contributed by atoms with E-state index in [4.69, 9.17) is 0 Å². The molecule has 0 aromatic heterocycles. The van der Waals surface area contributed by atoms with E-state index in [2.05, 4.69) is 88.7 Å². The molecule has 1 radical (unpaired) electrons. The molecule has 0 atom stereocenters. The van der Waals surface area contributed by atoms with Gasteiger partial charge in [-0.1, -0.05) is 78.9 Å². The van der Waals surface area contributed by atoms with Crippen LogP contribution in [0.3, 0.4) is 0 Å². The zero-order chi connectivity index (χ0) is 16.9. The van der Waals surface area contributed by atoms with E-state index in [0.717, 1.165) is 26.2 Å². The fourth-order valence-electron chi connectivity index (χ4n) is 3.69. The Kier molecular flexibility index (Phi) is 4.80. The first kappa shape index (κ1) is 15.9. The molecule has 2 nitrogen and oxygen atoms in total. The lowest BCUT2D eigenvalue weighted by molar-refractivity contribution is 0.212. The third kappa shape index (κ3) is 3.59. The molecule has 1 aliphatic rings. The molecule has 1 fully saturated rings. The normalized spacial score (nSPS) is 15.5. The SMILES string of the molecule is [c]1ccccc1N1CCN(C(c2ccccc2)c2ccccc2)CC1. The number of hydrogen-bond acceptors (Lipinski definition) is 2. The molecule has 3 aromatic rings. The van der Waals surface area contributed by atoms with E-state index in [1.54, 1.807) is 0 Å². The Morgan fingerprint density at radius 1 is 0.640 bits per heavy atom. The second-order valence-corrected chi connectivity index (χ2v) is 6.49. The summed E-state index contributed by atoms with van der Waals surface area (Å²) < 4.78 is 0. The van der Waals surface area contributed by atoms with E-state index in [0.29, 0.717) is 6.04 Å². The molecule has 1 heterocycles. The number of anilines is 1. The summed E-state index contributed by atoms with van der Waals surface area (Å²) in [6.07, 6.45) is 0. The highest BCUT2D eigenvalue weighted by atomic mass is 15.3. The number of rotatable bonds is 4. The van der Waals surface area contributed by atoms with Gasteiger partial charge in [0.2, 0.25) is 0 Å². The van der Waals surface area contributed by atoms with Crippen molar-refractivity contribution >= 4 is 5.69 Å². The molecule has 1 aliphatic heterocycles. The van der Waals surface area contributed by atoms with E-state index < -0.39 is 0 Å². The fourth-order valence-corrected chi connectivity index (χ4v) is 3.69. The van der Waals surface area contributed by atoms with E-state index in [9.17, 15) is 0 Å². The minimum atomic E-state index is 0.323. The van der Waals surface area contributed by atoms with Gasteiger partial charge >= 0.3 is 0 Å². The standard InChI is InChI=1S/C23H23N2/c1-4-10-20(11-5-1)23(21-12-6-2-7-13-21)25-18-16-24(17-19-25)22-14-8-3-9-15-22/h1-14,23H,16-19H2. The summed E-state index contributed by atoms with van der Waals surface area (Å²) in [5.41, 5.74) is 3.94. The highest BCUT2D eigenvalue weighted by molar-refractivity contribution is 5.45. The molecular weight excluding hydrogens is 304 g/mol. The molecule has 2 heteroatoms. The van der Waals surface area contributed by atoms with Crippen molar-refractivity contribution in [3.63, 3.8) is 0 Å². The Morgan fingerprint density at radius 2 is 1.20 bits per heavy atom.